The third-order valence-electron chi connectivity index (χ3n) is 4.47. The Kier molecular flexibility index (Phi) is 4.35. The summed E-state index contributed by atoms with van der Waals surface area (Å²) in [5, 5.41) is 5.19. The van der Waals surface area contributed by atoms with E-state index in [-0.39, 0.29) is 18.6 Å². The van der Waals surface area contributed by atoms with Crippen LogP contribution in [0.2, 0.25) is 0 Å². The number of hydrogen-bond acceptors (Lipinski definition) is 5. The van der Waals surface area contributed by atoms with E-state index in [1.807, 2.05) is 60.4 Å². The number of carbonyl (C=O) groups excluding carboxylic acids is 1. The molecule has 0 saturated carbocycles. The molecule has 0 fully saturated rings. The highest BCUT2D eigenvalue weighted by molar-refractivity contribution is 5.94. The van der Waals surface area contributed by atoms with E-state index in [0.29, 0.717) is 17.7 Å². The van der Waals surface area contributed by atoms with E-state index in [0.717, 1.165) is 22.4 Å². The van der Waals surface area contributed by atoms with E-state index >= 15 is 0 Å². The first-order valence-electron chi connectivity index (χ1n) is 8.97. The zero-order valence-electron chi connectivity index (χ0n) is 15.6. The number of aromatic nitrogens is 5. The fourth-order valence-corrected chi connectivity index (χ4v) is 3.08. The molecule has 0 aliphatic rings. The monoisotopic (exact) mass is 363 g/mol. The molecule has 4 heterocycles. The third kappa shape index (κ3) is 3.28. The Labute approximate surface area is 156 Å². The summed E-state index contributed by atoms with van der Waals surface area (Å²) >= 11 is 0. The van der Waals surface area contributed by atoms with Gasteiger partial charge in [-0.15, -0.1) is 0 Å². The molecule has 0 aliphatic carbocycles. The van der Waals surface area contributed by atoms with Crippen LogP contribution in [-0.2, 0) is 11.2 Å². The van der Waals surface area contributed by atoms with E-state index in [4.69, 9.17) is 4.74 Å². The maximum absolute atomic E-state index is 12.5. The molecular formula is C20H21N5O2. The Morgan fingerprint density at radius 1 is 1.26 bits per heavy atom. The predicted octanol–water partition coefficient (Wildman–Crippen LogP) is 3.37. The molecule has 0 amide bonds. The zero-order chi connectivity index (χ0) is 19.0. The molecular weight excluding hydrogens is 342 g/mol. The molecule has 4 aromatic rings. The van der Waals surface area contributed by atoms with Crippen LogP contribution in [0.5, 0.6) is 0 Å². The minimum absolute atomic E-state index is 0.206. The quantitative estimate of drug-likeness (QED) is 0.508. The summed E-state index contributed by atoms with van der Waals surface area (Å²) in [5.41, 5.74) is 3.66. The molecule has 4 aromatic heterocycles. The number of imidazole rings is 1. The van der Waals surface area contributed by atoms with Crippen LogP contribution in [0, 0.1) is 6.92 Å². The van der Waals surface area contributed by atoms with E-state index in [1.165, 1.54) is 0 Å². The predicted molar refractivity (Wildman–Crippen MR) is 102 cm³/mol. The van der Waals surface area contributed by atoms with Crippen molar-refractivity contribution in [1.82, 2.24) is 24.1 Å². The second kappa shape index (κ2) is 6.83. The van der Waals surface area contributed by atoms with Crippen molar-refractivity contribution in [3.05, 3.63) is 59.8 Å². The Morgan fingerprint density at radius 3 is 2.89 bits per heavy atom. The molecule has 0 bridgehead atoms. The number of rotatable bonds is 5. The third-order valence-corrected chi connectivity index (χ3v) is 4.47. The van der Waals surface area contributed by atoms with Crippen molar-refractivity contribution in [1.29, 1.82) is 0 Å². The van der Waals surface area contributed by atoms with Gasteiger partial charge in [0, 0.05) is 30.2 Å². The number of esters is 1. The van der Waals surface area contributed by atoms with Crippen LogP contribution in [0.4, 0.5) is 0 Å². The average Bonchev–Trinajstić information content (AvgIpc) is 3.23. The maximum Gasteiger partial charge on any atom is 0.340 e. The Hall–Kier alpha value is -3.22. The van der Waals surface area contributed by atoms with Gasteiger partial charge in [0.1, 0.15) is 5.65 Å². The van der Waals surface area contributed by atoms with Crippen LogP contribution in [0.15, 0.2) is 42.9 Å². The Balaban J connectivity index is 1.47. The SMILES string of the molecule is Cc1nc2c(cnn2C(C)C)cc1C(=O)OCCc1cn2ccccc2n1. The zero-order valence-corrected chi connectivity index (χ0v) is 15.6. The smallest absolute Gasteiger partial charge is 0.340 e. The van der Waals surface area contributed by atoms with E-state index in [1.54, 1.807) is 12.3 Å². The molecule has 0 aliphatic heterocycles. The van der Waals surface area contributed by atoms with Crippen molar-refractivity contribution >= 4 is 22.6 Å². The number of pyridine rings is 2. The summed E-state index contributed by atoms with van der Waals surface area (Å²) in [4.78, 5) is 21.6. The van der Waals surface area contributed by atoms with Crippen molar-refractivity contribution in [3.8, 4) is 0 Å². The molecule has 0 atom stereocenters. The van der Waals surface area contributed by atoms with Crippen LogP contribution in [-0.4, -0.2) is 36.7 Å². The molecule has 138 valence electrons. The molecule has 27 heavy (non-hydrogen) atoms. The molecule has 0 N–H and O–H groups in total. The van der Waals surface area contributed by atoms with Crippen LogP contribution in [0.25, 0.3) is 16.7 Å². The second-order valence-corrected chi connectivity index (χ2v) is 6.80. The minimum Gasteiger partial charge on any atom is -0.462 e. The summed E-state index contributed by atoms with van der Waals surface area (Å²) in [6, 6.07) is 7.84. The van der Waals surface area contributed by atoms with Gasteiger partial charge in [-0.3, -0.25) is 0 Å². The van der Waals surface area contributed by atoms with Gasteiger partial charge >= 0.3 is 5.97 Å². The lowest BCUT2D eigenvalue weighted by Gasteiger charge is -2.09. The van der Waals surface area contributed by atoms with Gasteiger partial charge in [-0.1, -0.05) is 6.07 Å². The summed E-state index contributed by atoms with van der Waals surface area (Å²) in [6.45, 7) is 6.18. The van der Waals surface area contributed by atoms with Crippen molar-refractivity contribution in [2.75, 3.05) is 6.61 Å². The van der Waals surface area contributed by atoms with Gasteiger partial charge in [0.05, 0.1) is 29.8 Å². The minimum atomic E-state index is -0.372. The molecule has 0 saturated heterocycles. The highest BCUT2D eigenvalue weighted by atomic mass is 16.5. The fourth-order valence-electron chi connectivity index (χ4n) is 3.08. The molecule has 0 unspecified atom stereocenters. The topological polar surface area (TPSA) is 74.3 Å². The second-order valence-electron chi connectivity index (χ2n) is 6.80. The highest BCUT2D eigenvalue weighted by Crippen LogP contribution is 2.20. The number of nitrogens with zero attached hydrogens (tertiary/aromatic N) is 5. The van der Waals surface area contributed by atoms with Crippen LogP contribution < -0.4 is 0 Å². The number of hydrogen-bond donors (Lipinski definition) is 0. The first kappa shape index (κ1) is 17.2. The highest BCUT2D eigenvalue weighted by Gasteiger charge is 2.16. The summed E-state index contributed by atoms with van der Waals surface area (Å²) in [7, 11) is 0. The first-order valence-corrected chi connectivity index (χ1v) is 8.97. The van der Waals surface area contributed by atoms with Gasteiger partial charge < -0.3 is 9.14 Å². The molecule has 0 radical (unpaired) electrons. The maximum atomic E-state index is 12.5. The number of fused-ring (bicyclic) bond motifs is 2. The molecule has 7 nitrogen and oxygen atoms in total. The number of aryl methyl sites for hydroxylation is 1. The Morgan fingerprint density at radius 2 is 2.11 bits per heavy atom. The van der Waals surface area contributed by atoms with Gasteiger partial charge in [0.15, 0.2) is 5.65 Å². The number of ether oxygens (including phenoxy) is 1. The lowest BCUT2D eigenvalue weighted by Crippen LogP contribution is -2.11. The van der Waals surface area contributed by atoms with Crippen molar-refractivity contribution in [3.63, 3.8) is 0 Å². The summed E-state index contributed by atoms with van der Waals surface area (Å²) < 4.78 is 9.25. The van der Waals surface area contributed by atoms with Crippen LogP contribution in [0.3, 0.4) is 0 Å². The van der Waals surface area contributed by atoms with E-state index < -0.39 is 0 Å². The van der Waals surface area contributed by atoms with E-state index in [2.05, 4.69) is 15.1 Å². The van der Waals surface area contributed by atoms with Crippen molar-refractivity contribution in [2.24, 2.45) is 0 Å². The van der Waals surface area contributed by atoms with Gasteiger partial charge in [-0.25, -0.2) is 19.4 Å². The molecule has 0 aromatic carbocycles. The van der Waals surface area contributed by atoms with Gasteiger partial charge in [0.25, 0.3) is 0 Å². The lowest BCUT2D eigenvalue weighted by atomic mass is 10.1. The van der Waals surface area contributed by atoms with Gasteiger partial charge in [0.2, 0.25) is 0 Å². The molecule has 7 heteroatoms. The summed E-state index contributed by atoms with van der Waals surface area (Å²) in [6.07, 6.45) is 6.18. The van der Waals surface area contributed by atoms with Gasteiger partial charge in [-0.2, -0.15) is 5.10 Å². The van der Waals surface area contributed by atoms with Crippen molar-refractivity contribution < 1.29 is 9.53 Å². The number of carbonyl (C=O) groups is 1. The average molecular weight is 363 g/mol. The molecule has 4 rings (SSSR count). The van der Waals surface area contributed by atoms with Crippen LogP contribution in [0.1, 0.15) is 41.6 Å². The summed E-state index contributed by atoms with van der Waals surface area (Å²) in [5.74, 6) is -0.372. The first-order chi connectivity index (χ1) is 13.0. The Bertz CT molecular complexity index is 1090. The molecule has 0 spiro atoms. The lowest BCUT2D eigenvalue weighted by molar-refractivity contribution is 0.0507. The van der Waals surface area contributed by atoms with E-state index in [9.17, 15) is 4.79 Å². The van der Waals surface area contributed by atoms with Gasteiger partial charge in [-0.05, 0) is 39.0 Å². The standard InChI is InChI=1S/C20H21N5O2/c1-13(2)25-19-15(11-21-25)10-17(14(3)22-19)20(26)27-9-7-16-12-24-8-5-4-6-18(24)23-16/h4-6,8,10-13H,7,9H2,1-3H3. The van der Waals surface area contributed by atoms with Crippen molar-refractivity contribution in [2.45, 2.75) is 33.2 Å². The fraction of sp³-hybridized carbons (Fsp3) is 0.300. The normalized spacial score (nSPS) is 11.6. The largest absolute Gasteiger partial charge is 0.462 e. The van der Waals surface area contributed by atoms with Crippen LogP contribution >= 0.6 is 0 Å².